The molecule has 1 spiro atoms. The number of nitrogens with one attached hydrogen (secondary N) is 3. The van der Waals surface area contributed by atoms with Gasteiger partial charge in [-0.2, -0.15) is 13.6 Å². The molecule has 5 heterocycles. The van der Waals surface area contributed by atoms with Crippen molar-refractivity contribution in [2.24, 2.45) is 7.05 Å². The second-order valence-electron chi connectivity index (χ2n) is 16.4. The van der Waals surface area contributed by atoms with Crippen molar-refractivity contribution < 1.29 is 32.1 Å². The summed E-state index contributed by atoms with van der Waals surface area (Å²) >= 11 is 1.72. The van der Waals surface area contributed by atoms with Gasteiger partial charge in [-0.25, -0.2) is 9.37 Å². The molecular formula is C45H53BF2N9O6S2. The molecule has 1 aromatic heterocycles. The molecule has 4 aliphatic rings. The fourth-order valence-corrected chi connectivity index (χ4v) is 9.74. The SMILES string of the molecule is CCSN(C)Nc1ccc(F)c(Oc2ccc3ncn(C)c(=O)c3c2)c1C#N.O=C1CCC(Nc2ccc(C3CCN(CC(=O)N4CCC5(CCCO5)CC4)CC3)c(SF)c2)C(=O)N1.[B]. The number of rotatable bonds is 12. The Morgan fingerprint density at radius 1 is 1.08 bits per heavy atom. The smallest absolute Gasteiger partial charge is 0.261 e. The van der Waals surface area contributed by atoms with Crippen LogP contribution in [0.15, 0.2) is 64.5 Å². The number of halogens is 2. The number of hydrogen-bond donors (Lipinski definition) is 3. The fourth-order valence-electron chi connectivity index (χ4n) is 8.70. The van der Waals surface area contributed by atoms with Crippen LogP contribution in [0.1, 0.15) is 75.3 Å². The number of aromatic nitrogens is 2. The summed E-state index contributed by atoms with van der Waals surface area (Å²) in [6.45, 7) is 6.47. The number of fused-ring (bicyclic) bond motifs is 1. The summed E-state index contributed by atoms with van der Waals surface area (Å²) in [4.78, 5) is 57.5. The Hall–Kier alpha value is -5.20. The summed E-state index contributed by atoms with van der Waals surface area (Å²) in [5, 5.41) is 15.4. The first-order valence-electron chi connectivity index (χ1n) is 21.5. The molecule has 0 aliphatic carbocycles. The minimum Gasteiger partial charge on any atom is -0.453 e. The van der Waals surface area contributed by atoms with Gasteiger partial charge in [0.1, 0.15) is 23.4 Å². The maximum absolute atomic E-state index is 14.4. The minimum absolute atomic E-state index is 0. The first kappa shape index (κ1) is 49.2. The zero-order chi connectivity index (χ0) is 45.4. The lowest BCUT2D eigenvalue weighted by Gasteiger charge is -2.40. The summed E-state index contributed by atoms with van der Waals surface area (Å²) in [6, 6.07) is 14.4. The van der Waals surface area contributed by atoms with Crippen molar-refractivity contribution in [3.05, 3.63) is 82.2 Å². The van der Waals surface area contributed by atoms with Crippen LogP contribution >= 0.6 is 24.1 Å². The molecule has 3 N–H and O–H groups in total. The van der Waals surface area contributed by atoms with Crippen molar-refractivity contribution in [1.29, 1.82) is 5.26 Å². The lowest BCUT2D eigenvalue weighted by Crippen LogP contribution is -2.49. The highest BCUT2D eigenvalue weighted by Gasteiger charge is 2.39. The standard InChI is InChI=1S/C26H35FN4O4S.C19H18FN5O2S.B/c27-36-22-16-19(28-21-4-5-23(32)29-25(21)34)2-3-20(22)18-6-11-30(12-7-18)17-24(33)31-13-9-26(10-14-31)8-1-15-35-26;1-4-28-25(3)23-17-8-6-15(20)18(14(17)10-21)27-12-5-7-16-13(9-12)19(26)24(2)11-22-16;/h2-3,16,18,21,28H,1,4-15,17H2,(H,29,32,34);5-9,11,23H,4H2,1-3H3;. The predicted octanol–water partition coefficient (Wildman–Crippen LogP) is 6.51. The van der Waals surface area contributed by atoms with Gasteiger partial charge in [-0.05, 0) is 112 Å². The van der Waals surface area contributed by atoms with E-state index in [1.165, 1.54) is 41.0 Å². The Labute approximate surface area is 387 Å². The monoisotopic (exact) mass is 928 g/mol. The molecule has 4 fully saturated rings. The number of benzene rings is 3. The predicted molar refractivity (Wildman–Crippen MR) is 249 cm³/mol. The average molecular weight is 929 g/mol. The third kappa shape index (κ3) is 12.0. The van der Waals surface area contributed by atoms with Crippen molar-refractivity contribution in [1.82, 2.24) is 29.1 Å². The van der Waals surface area contributed by atoms with E-state index < -0.39 is 11.9 Å². The molecule has 1 unspecified atom stereocenters. The van der Waals surface area contributed by atoms with Crippen molar-refractivity contribution >= 4 is 72.5 Å². The van der Waals surface area contributed by atoms with E-state index in [1.807, 2.05) is 30.0 Å². The van der Waals surface area contributed by atoms with E-state index >= 15 is 0 Å². The fraction of sp³-hybridized carbons (Fsp3) is 0.467. The molecule has 4 saturated heterocycles. The number of ether oxygens (including phenoxy) is 2. The van der Waals surface area contributed by atoms with Gasteiger partial charge in [-0.3, -0.25) is 29.4 Å². The number of nitriles is 1. The van der Waals surface area contributed by atoms with Gasteiger partial charge in [0.05, 0.1) is 47.2 Å². The van der Waals surface area contributed by atoms with Crippen LogP contribution in [0.2, 0.25) is 0 Å². The van der Waals surface area contributed by atoms with Gasteiger partial charge in [0.25, 0.3) is 5.56 Å². The number of hydrazine groups is 1. The van der Waals surface area contributed by atoms with Crippen molar-refractivity contribution in [3.63, 3.8) is 0 Å². The van der Waals surface area contributed by atoms with E-state index in [4.69, 9.17) is 9.47 Å². The zero-order valence-corrected chi connectivity index (χ0v) is 38.4. The number of amides is 3. The van der Waals surface area contributed by atoms with Gasteiger partial charge in [0.15, 0.2) is 11.6 Å². The number of likely N-dealkylation sites (tertiary alicyclic amines) is 2. The van der Waals surface area contributed by atoms with Crippen LogP contribution < -0.4 is 26.4 Å². The zero-order valence-electron chi connectivity index (χ0n) is 36.7. The third-order valence-corrected chi connectivity index (χ3v) is 13.5. The van der Waals surface area contributed by atoms with Gasteiger partial charge < -0.3 is 29.7 Å². The summed E-state index contributed by atoms with van der Waals surface area (Å²) < 4.78 is 43.1. The summed E-state index contributed by atoms with van der Waals surface area (Å²) in [5.41, 5.74) is 5.40. The Bertz CT molecular complexity index is 2450. The Morgan fingerprint density at radius 2 is 1.85 bits per heavy atom. The lowest BCUT2D eigenvalue weighted by atomic mass is 9.88. The van der Waals surface area contributed by atoms with Crippen LogP contribution in [0, 0.1) is 17.1 Å². The summed E-state index contributed by atoms with van der Waals surface area (Å²) in [7, 11) is 3.39. The molecule has 8 rings (SSSR count). The second-order valence-corrected chi connectivity index (χ2v) is 18.4. The minimum atomic E-state index is -0.674. The first-order chi connectivity index (χ1) is 30.9. The molecule has 20 heteroatoms. The van der Waals surface area contributed by atoms with Crippen molar-refractivity contribution in [2.75, 3.05) is 62.9 Å². The second kappa shape index (κ2) is 22.3. The van der Waals surface area contributed by atoms with Crippen molar-refractivity contribution in [2.45, 2.75) is 80.7 Å². The van der Waals surface area contributed by atoms with E-state index in [0.717, 1.165) is 82.6 Å². The molecule has 65 heavy (non-hydrogen) atoms. The van der Waals surface area contributed by atoms with Gasteiger partial charge in [0.2, 0.25) is 17.7 Å². The van der Waals surface area contributed by atoms with Crippen LogP contribution in [0.5, 0.6) is 11.5 Å². The summed E-state index contributed by atoms with van der Waals surface area (Å²) in [5.74, 6) is 0.0116. The average Bonchev–Trinajstić information content (AvgIpc) is 3.75. The van der Waals surface area contributed by atoms with E-state index in [2.05, 4.69) is 25.9 Å². The molecule has 3 amide bonds. The number of anilines is 2. The number of imide groups is 1. The van der Waals surface area contributed by atoms with Crippen LogP contribution in [-0.4, -0.2) is 114 Å². The molecule has 15 nitrogen and oxygen atoms in total. The normalized spacial score (nSPS) is 18.7. The third-order valence-electron chi connectivity index (χ3n) is 12.2. The number of carbonyl (C=O) groups excluding carboxylic acids is 3. The molecular weight excluding hydrogens is 875 g/mol. The van der Waals surface area contributed by atoms with E-state index in [1.54, 1.807) is 36.7 Å². The molecule has 4 aliphatic heterocycles. The molecule has 0 saturated carbocycles. The van der Waals surface area contributed by atoms with Crippen molar-refractivity contribution in [3.8, 4) is 17.6 Å². The Kier molecular flexibility index (Phi) is 16.9. The largest absolute Gasteiger partial charge is 0.453 e. The summed E-state index contributed by atoms with van der Waals surface area (Å²) in [6.07, 6.45) is 8.03. The van der Waals surface area contributed by atoms with Crippen LogP contribution in [0.4, 0.5) is 19.7 Å². The maximum Gasteiger partial charge on any atom is 0.261 e. The Balaban J connectivity index is 0.000000219. The van der Waals surface area contributed by atoms with E-state index in [9.17, 15) is 32.7 Å². The molecule has 0 bridgehead atoms. The lowest BCUT2D eigenvalue weighted by molar-refractivity contribution is -0.137. The van der Waals surface area contributed by atoms with Gasteiger partial charge in [0, 0.05) is 65.0 Å². The highest BCUT2D eigenvalue weighted by atomic mass is 32.2. The molecule has 343 valence electrons. The number of hydrogen-bond acceptors (Lipinski definition) is 14. The molecule has 3 radical (unpaired) electrons. The molecule has 1 atom stereocenters. The van der Waals surface area contributed by atoms with Gasteiger partial charge in [-0.1, -0.05) is 24.9 Å². The quantitative estimate of drug-likeness (QED) is 0.0607. The number of piperidine rings is 3. The number of nitrogens with zero attached hydrogens (tertiary/aromatic N) is 6. The van der Waals surface area contributed by atoms with Gasteiger partial charge >= 0.3 is 0 Å². The van der Waals surface area contributed by atoms with Crippen LogP contribution in [0.3, 0.4) is 0 Å². The first-order valence-corrected chi connectivity index (χ1v) is 23.2. The van der Waals surface area contributed by atoms with Gasteiger partial charge in [-0.15, -0.1) is 0 Å². The number of carbonyl (C=O) groups is 3. The molecule has 4 aromatic rings. The number of aryl methyl sites for hydroxylation is 1. The van der Waals surface area contributed by atoms with E-state index in [-0.39, 0.29) is 72.4 Å². The Morgan fingerprint density at radius 3 is 2.52 bits per heavy atom. The highest BCUT2D eigenvalue weighted by molar-refractivity contribution is 7.97. The highest BCUT2D eigenvalue weighted by Crippen LogP contribution is 2.39. The van der Waals surface area contributed by atoms with E-state index in [0.29, 0.717) is 46.6 Å². The van der Waals surface area contributed by atoms with Crippen LogP contribution in [0.25, 0.3) is 10.9 Å². The topological polar surface area (TPSA) is 174 Å². The maximum atomic E-state index is 14.4. The molecule has 3 aromatic carbocycles. The van der Waals surface area contributed by atoms with Crippen LogP contribution in [-0.2, 0) is 26.2 Å².